The second-order valence-electron chi connectivity index (χ2n) is 7.00. The van der Waals surface area contributed by atoms with Gasteiger partial charge in [0.1, 0.15) is 0 Å². The van der Waals surface area contributed by atoms with Gasteiger partial charge in [-0.15, -0.1) is 0 Å². The van der Waals surface area contributed by atoms with E-state index in [0.717, 1.165) is 38.8 Å². The molecule has 4 nitrogen and oxygen atoms in total. The molecule has 3 aliphatic rings. The fraction of sp³-hybridized carbons (Fsp3) is 0.938. The Hall–Kier alpha value is -0.610. The number of carbonyl (C=O) groups is 1. The zero-order chi connectivity index (χ0) is 14.0. The van der Waals surface area contributed by atoms with Crippen LogP contribution in [0.5, 0.6) is 0 Å². The Morgan fingerprint density at radius 3 is 2.70 bits per heavy atom. The molecule has 0 aromatic rings. The van der Waals surface area contributed by atoms with Crippen LogP contribution in [0, 0.1) is 5.92 Å². The van der Waals surface area contributed by atoms with Crippen LogP contribution < -0.4 is 5.32 Å². The Morgan fingerprint density at radius 1 is 1.15 bits per heavy atom. The Balaban J connectivity index is 1.49. The number of piperidine rings is 1. The van der Waals surface area contributed by atoms with E-state index in [9.17, 15) is 9.90 Å². The topological polar surface area (TPSA) is 52.6 Å². The summed E-state index contributed by atoms with van der Waals surface area (Å²) in [7, 11) is 0. The van der Waals surface area contributed by atoms with Crippen molar-refractivity contribution >= 4 is 5.91 Å². The minimum atomic E-state index is -0.478. The zero-order valence-corrected chi connectivity index (χ0v) is 12.4. The van der Waals surface area contributed by atoms with Crippen LogP contribution >= 0.6 is 0 Å². The Kier molecular flexibility index (Phi) is 4.32. The van der Waals surface area contributed by atoms with Gasteiger partial charge in [-0.05, 0) is 32.1 Å². The van der Waals surface area contributed by atoms with Crippen molar-refractivity contribution in [3.05, 3.63) is 0 Å². The zero-order valence-electron chi connectivity index (χ0n) is 12.4. The third kappa shape index (κ3) is 3.01. The third-order valence-corrected chi connectivity index (χ3v) is 5.68. The molecule has 2 unspecified atom stereocenters. The van der Waals surface area contributed by atoms with Gasteiger partial charge in [0.25, 0.3) is 0 Å². The van der Waals surface area contributed by atoms with Crippen molar-refractivity contribution < 1.29 is 9.90 Å². The molecule has 1 amide bonds. The molecule has 20 heavy (non-hydrogen) atoms. The summed E-state index contributed by atoms with van der Waals surface area (Å²) in [4.78, 5) is 14.3. The average Bonchev–Trinajstić information content (AvgIpc) is 2.97. The lowest BCUT2D eigenvalue weighted by molar-refractivity contribution is -0.142. The smallest absolute Gasteiger partial charge is 0.236 e. The van der Waals surface area contributed by atoms with Crippen LogP contribution in [0.4, 0.5) is 0 Å². The number of fused-ring (bicyclic) bond motifs is 1. The van der Waals surface area contributed by atoms with Gasteiger partial charge >= 0.3 is 0 Å². The maximum absolute atomic E-state index is 12.3. The summed E-state index contributed by atoms with van der Waals surface area (Å²) in [6.07, 6.45) is 10.2. The number of hydrogen-bond donors (Lipinski definition) is 2. The number of carbonyl (C=O) groups excluding carboxylic acids is 1. The first-order chi connectivity index (χ1) is 9.67. The largest absolute Gasteiger partial charge is 0.389 e. The second kappa shape index (κ2) is 6.02. The highest BCUT2D eigenvalue weighted by Gasteiger charge is 2.43. The molecule has 2 aliphatic carbocycles. The molecule has 114 valence electrons. The van der Waals surface area contributed by atoms with Gasteiger partial charge in [-0.25, -0.2) is 0 Å². The minimum absolute atomic E-state index is 0.226. The van der Waals surface area contributed by atoms with E-state index in [0.29, 0.717) is 18.5 Å². The Labute approximate surface area is 121 Å². The lowest BCUT2D eigenvalue weighted by atomic mass is 9.71. The summed E-state index contributed by atoms with van der Waals surface area (Å²) in [5, 5.41) is 14.0. The maximum Gasteiger partial charge on any atom is 0.236 e. The predicted molar refractivity (Wildman–Crippen MR) is 78.4 cm³/mol. The van der Waals surface area contributed by atoms with Crippen molar-refractivity contribution in [3.63, 3.8) is 0 Å². The average molecular weight is 280 g/mol. The number of nitrogens with zero attached hydrogens (tertiary/aromatic N) is 1. The SMILES string of the molecule is O=C(CNC1CCCC1)N1CCC2(O)CCCCC2C1. The van der Waals surface area contributed by atoms with Gasteiger partial charge in [0.05, 0.1) is 12.1 Å². The van der Waals surface area contributed by atoms with Crippen LogP contribution in [0.3, 0.4) is 0 Å². The normalized spacial score (nSPS) is 35.0. The minimum Gasteiger partial charge on any atom is -0.389 e. The molecule has 3 rings (SSSR count). The maximum atomic E-state index is 12.3. The molecule has 2 atom stereocenters. The predicted octanol–water partition coefficient (Wildman–Crippen LogP) is 1.67. The molecule has 0 spiro atoms. The van der Waals surface area contributed by atoms with Crippen molar-refractivity contribution in [2.75, 3.05) is 19.6 Å². The Morgan fingerprint density at radius 2 is 1.90 bits per heavy atom. The van der Waals surface area contributed by atoms with Gasteiger partial charge in [-0.2, -0.15) is 0 Å². The number of likely N-dealkylation sites (tertiary alicyclic amines) is 1. The van der Waals surface area contributed by atoms with E-state index in [2.05, 4.69) is 5.32 Å². The van der Waals surface area contributed by atoms with Gasteiger partial charge in [0, 0.05) is 25.0 Å². The Bertz CT molecular complexity index is 354. The molecule has 0 aromatic heterocycles. The molecule has 1 heterocycles. The van der Waals surface area contributed by atoms with Crippen LogP contribution in [0.1, 0.15) is 57.8 Å². The number of rotatable bonds is 3. The first kappa shape index (κ1) is 14.3. The van der Waals surface area contributed by atoms with Crippen molar-refractivity contribution in [1.29, 1.82) is 0 Å². The molecular formula is C16H28N2O2. The van der Waals surface area contributed by atoms with Crippen LogP contribution in [-0.2, 0) is 4.79 Å². The number of aliphatic hydroxyl groups is 1. The highest BCUT2D eigenvalue weighted by atomic mass is 16.3. The van der Waals surface area contributed by atoms with E-state index in [1.54, 1.807) is 0 Å². The summed E-state index contributed by atoms with van der Waals surface area (Å²) in [6, 6.07) is 0.551. The van der Waals surface area contributed by atoms with Gasteiger partial charge < -0.3 is 15.3 Å². The molecular weight excluding hydrogens is 252 g/mol. The molecule has 3 fully saturated rings. The van der Waals surface area contributed by atoms with Crippen LogP contribution in [0.15, 0.2) is 0 Å². The van der Waals surface area contributed by atoms with Crippen molar-refractivity contribution in [3.8, 4) is 0 Å². The monoisotopic (exact) mass is 280 g/mol. The van der Waals surface area contributed by atoms with E-state index in [4.69, 9.17) is 0 Å². The first-order valence-corrected chi connectivity index (χ1v) is 8.41. The second-order valence-corrected chi connectivity index (χ2v) is 7.00. The van der Waals surface area contributed by atoms with E-state index < -0.39 is 5.60 Å². The third-order valence-electron chi connectivity index (χ3n) is 5.68. The molecule has 0 radical (unpaired) electrons. The lowest BCUT2D eigenvalue weighted by Gasteiger charge is -2.47. The van der Waals surface area contributed by atoms with Gasteiger partial charge in [0.2, 0.25) is 5.91 Å². The summed E-state index contributed by atoms with van der Waals surface area (Å²) in [5.41, 5.74) is -0.478. The molecule has 4 heteroatoms. The van der Waals surface area contributed by atoms with E-state index in [-0.39, 0.29) is 5.91 Å². The molecule has 1 saturated heterocycles. The highest BCUT2D eigenvalue weighted by molar-refractivity contribution is 5.78. The standard InChI is InChI=1S/C16H28N2O2/c19-15(11-17-14-6-1-2-7-14)18-10-9-16(20)8-4-3-5-13(16)12-18/h13-14,17,20H,1-12H2. The summed E-state index contributed by atoms with van der Waals surface area (Å²) >= 11 is 0. The van der Waals surface area contributed by atoms with E-state index >= 15 is 0 Å². The molecule has 1 aliphatic heterocycles. The fourth-order valence-electron chi connectivity index (χ4n) is 4.27. The molecule has 2 N–H and O–H groups in total. The summed E-state index contributed by atoms with van der Waals surface area (Å²) < 4.78 is 0. The van der Waals surface area contributed by atoms with Crippen LogP contribution in [0.2, 0.25) is 0 Å². The number of nitrogens with one attached hydrogen (secondary N) is 1. The van der Waals surface area contributed by atoms with Gasteiger partial charge in [-0.1, -0.05) is 25.7 Å². The number of amides is 1. The van der Waals surface area contributed by atoms with Crippen LogP contribution in [-0.4, -0.2) is 47.2 Å². The fourth-order valence-corrected chi connectivity index (χ4v) is 4.27. The molecule has 2 saturated carbocycles. The summed E-state index contributed by atoms with van der Waals surface area (Å²) in [5.74, 6) is 0.532. The molecule has 0 bridgehead atoms. The van der Waals surface area contributed by atoms with E-state index in [1.807, 2.05) is 4.90 Å². The molecule has 0 aromatic carbocycles. The van der Waals surface area contributed by atoms with Crippen molar-refractivity contribution in [2.45, 2.75) is 69.4 Å². The van der Waals surface area contributed by atoms with Gasteiger partial charge in [-0.3, -0.25) is 4.79 Å². The quantitative estimate of drug-likeness (QED) is 0.827. The summed E-state index contributed by atoms with van der Waals surface area (Å²) in [6.45, 7) is 1.98. The van der Waals surface area contributed by atoms with Crippen molar-refractivity contribution in [2.24, 2.45) is 5.92 Å². The first-order valence-electron chi connectivity index (χ1n) is 8.41. The van der Waals surface area contributed by atoms with E-state index in [1.165, 1.54) is 32.1 Å². The van der Waals surface area contributed by atoms with Gasteiger partial charge in [0.15, 0.2) is 0 Å². The number of hydrogen-bond acceptors (Lipinski definition) is 3. The van der Waals surface area contributed by atoms with Crippen molar-refractivity contribution in [1.82, 2.24) is 10.2 Å². The highest BCUT2D eigenvalue weighted by Crippen LogP contribution is 2.39. The lowest BCUT2D eigenvalue weighted by Crippen LogP contribution is -2.56. The van der Waals surface area contributed by atoms with Crippen LogP contribution in [0.25, 0.3) is 0 Å².